The average molecular weight is 223 g/mol. The molecule has 0 amide bonds. The summed E-state index contributed by atoms with van der Waals surface area (Å²) in [4.78, 5) is 0. The van der Waals surface area contributed by atoms with Crippen molar-refractivity contribution in [2.45, 2.75) is 0 Å². The Labute approximate surface area is 73.1 Å². The van der Waals surface area contributed by atoms with Crippen molar-refractivity contribution in [3.8, 4) is 0 Å². The minimum Gasteiger partial charge on any atom is -0.323 e. The summed E-state index contributed by atoms with van der Waals surface area (Å²) in [5, 5.41) is 0. The molecular weight excluding hydrogens is 213 g/mol. The number of rotatable bonds is 0. The largest absolute Gasteiger partial charge is 0.323 e. The van der Waals surface area contributed by atoms with Crippen LogP contribution in [0.5, 0.6) is 0 Å². The Kier molecular flexibility index (Phi) is 142. The third-order valence-electron chi connectivity index (χ3n) is 0. The maximum Gasteiger partial charge on any atom is 0.0526 e. The summed E-state index contributed by atoms with van der Waals surface area (Å²) < 4.78 is 15.1. The van der Waals surface area contributed by atoms with Crippen LogP contribution in [0.3, 0.4) is 0 Å². The fourth-order valence-electron chi connectivity index (χ4n) is 0. The fourth-order valence-corrected chi connectivity index (χ4v) is 0. The van der Waals surface area contributed by atoms with E-state index in [0.29, 0.717) is 0 Å². The predicted molar refractivity (Wildman–Crippen MR) is 37.0 cm³/mol. The molecule has 0 aromatic rings. The molecule has 6 heavy (non-hydrogen) atoms. The molecule has 3 atom stereocenters. The smallest absolute Gasteiger partial charge is 0.0526 e. The maximum atomic E-state index is 9.42. The van der Waals surface area contributed by atoms with E-state index in [2.05, 4.69) is 15.9 Å². The first-order valence-electron chi connectivity index (χ1n) is 1.20. The quantitative estimate of drug-likeness (QED) is 0.430. The van der Waals surface area contributed by atoms with E-state index in [0.717, 1.165) is 9.55 Å². The normalized spacial score (nSPS) is 3.17. The van der Waals surface area contributed by atoms with Crippen LogP contribution in [0.1, 0.15) is 0 Å². The van der Waals surface area contributed by atoms with Gasteiger partial charge >= 0.3 is 0 Å². The summed E-state index contributed by atoms with van der Waals surface area (Å²) >= 11 is 0. The van der Waals surface area contributed by atoms with Crippen LogP contribution >= 0.6 is 28.6 Å². The minimum atomic E-state index is 0. The second-order valence-corrected chi connectivity index (χ2v) is 0. The molecule has 0 aliphatic carbocycles. The van der Waals surface area contributed by atoms with E-state index in [1.807, 2.05) is 0 Å². The Morgan fingerprint density at radius 2 is 1.50 bits per heavy atom. The summed E-state index contributed by atoms with van der Waals surface area (Å²) in [6.45, 7) is 3.17. The van der Waals surface area contributed by atoms with Crippen molar-refractivity contribution in [3.05, 3.63) is 6.66 Å². The Morgan fingerprint density at radius 1 is 1.50 bits per heavy atom. The van der Waals surface area contributed by atoms with E-state index in [9.17, 15) is 4.20 Å². The third kappa shape index (κ3) is 33.2. The van der Waals surface area contributed by atoms with Gasteiger partial charge in [-0.15, -0.1) is 0 Å². The van der Waals surface area contributed by atoms with E-state index < -0.39 is 0 Å². The SMILES string of the molecule is FP.[2H]P.[CH2-]P.[Y]. The zero-order chi connectivity index (χ0) is 6.00. The van der Waals surface area contributed by atoms with Crippen molar-refractivity contribution in [1.29, 1.82) is 1.28 Å². The second kappa shape index (κ2) is 54.2. The van der Waals surface area contributed by atoms with Crippen molar-refractivity contribution in [1.82, 2.24) is 0 Å². The van der Waals surface area contributed by atoms with Crippen LogP contribution in [0, 0.1) is 6.66 Å². The molecule has 0 aliphatic heterocycles. The summed E-state index contributed by atoms with van der Waals surface area (Å²) in [6.07, 6.45) is 0. The van der Waals surface area contributed by atoms with Crippen LogP contribution in [-0.2, 0) is 32.7 Å². The van der Waals surface area contributed by atoms with Gasteiger partial charge < -0.3 is 15.9 Å². The van der Waals surface area contributed by atoms with Crippen LogP contribution in [0.25, 0.3) is 0 Å². The van der Waals surface area contributed by atoms with Crippen LogP contribution in [0.2, 0.25) is 0 Å². The van der Waals surface area contributed by atoms with Gasteiger partial charge in [-0.25, -0.2) is 4.20 Å². The van der Waals surface area contributed by atoms with E-state index in [1.54, 1.807) is 9.84 Å². The zero-order valence-corrected chi connectivity index (χ0v) is 9.70. The second-order valence-electron chi connectivity index (χ2n) is 0. The molecule has 0 saturated heterocycles. The van der Waals surface area contributed by atoms with Gasteiger partial charge in [0.2, 0.25) is 0 Å². The molecule has 0 heterocycles. The molecule has 1 radical (unpaired) electrons. The Hall–Kier alpha value is 2.32. The van der Waals surface area contributed by atoms with Gasteiger partial charge in [-0.1, -0.05) is 0 Å². The number of hydrogen-bond acceptors (Lipinski definition) is 0. The minimum absolute atomic E-state index is 0. The first-order chi connectivity index (χ1) is 3.00. The van der Waals surface area contributed by atoms with E-state index >= 15 is 0 Å². The molecule has 0 spiro atoms. The van der Waals surface area contributed by atoms with Gasteiger partial charge in [0.05, 0.1) is 10.8 Å². The van der Waals surface area contributed by atoms with Crippen molar-refractivity contribution in [2.75, 3.05) is 0 Å². The summed E-state index contributed by atoms with van der Waals surface area (Å²) in [6, 6.07) is 0. The molecule has 39 valence electrons. The van der Waals surface area contributed by atoms with Gasteiger partial charge in [-0.2, -0.15) is 9.84 Å². The molecule has 0 bridgehead atoms. The van der Waals surface area contributed by atoms with Gasteiger partial charge in [0.25, 0.3) is 0 Å². The molecule has 0 fully saturated rings. The molecule has 0 aromatic carbocycles. The van der Waals surface area contributed by atoms with Crippen LogP contribution in [0.4, 0.5) is 4.20 Å². The first kappa shape index (κ1) is 15.8. The van der Waals surface area contributed by atoms with E-state index in [-0.39, 0.29) is 32.7 Å². The standard InChI is InChI=1S/CH4P.FH2P.H3P.Y/c2*1-2;;/h1-2H2;2H2;1H3;/q-1;;;/i;;1D;. The monoisotopic (exact) mass is 223 g/mol. The Bertz CT molecular complexity index is 14.9. The molecule has 0 rings (SSSR count). The molecule has 0 aliphatic rings. The molecule has 5 heteroatoms. The van der Waals surface area contributed by atoms with Gasteiger partial charge in [0, 0.05) is 32.7 Å². The molecule has 0 saturated carbocycles. The Balaban J connectivity index is -0.00000000900. The topological polar surface area (TPSA) is 0 Å². The molecule has 0 N–H and O–H groups in total. The van der Waals surface area contributed by atoms with Gasteiger partial charge in [0.1, 0.15) is 0 Å². The number of hydrogen-bond donors (Lipinski definition) is 0. The molecule has 3 unspecified atom stereocenters. The van der Waals surface area contributed by atoms with Crippen LogP contribution in [0.15, 0.2) is 0 Å². The summed E-state index contributed by atoms with van der Waals surface area (Å²) in [5.74, 6) is 0. The van der Waals surface area contributed by atoms with Crippen molar-refractivity contribution in [2.24, 2.45) is 0 Å². The van der Waals surface area contributed by atoms with Gasteiger partial charge in [-0.05, 0) is 0 Å². The van der Waals surface area contributed by atoms with Gasteiger partial charge in [0.15, 0.2) is 0 Å². The van der Waals surface area contributed by atoms with Crippen molar-refractivity contribution in [3.63, 3.8) is 0 Å². The molecule has 0 nitrogen and oxygen atoms in total. The maximum absolute atomic E-state index is 9.42. The Morgan fingerprint density at radius 3 is 1.50 bits per heavy atom. The predicted octanol–water partition coefficient (Wildman–Crippen LogP) is 1.45. The van der Waals surface area contributed by atoms with Gasteiger partial charge in [-0.3, -0.25) is 0 Å². The van der Waals surface area contributed by atoms with E-state index in [4.69, 9.17) is 1.28 Å². The van der Waals surface area contributed by atoms with E-state index in [1.165, 1.54) is 0 Å². The average Bonchev–Trinajstić information content (AvgIpc) is 1.81. The van der Waals surface area contributed by atoms with Crippen LogP contribution < -0.4 is 0 Å². The summed E-state index contributed by atoms with van der Waals surface area (Å²) in [5.41, 5.74) is 0. The van der Waals surface area contributed by atoms with Crippen molar-refractivity contribution >= 4 is 28.6 Å². The molecule has 0 aromatic heterocycles. The third-order valence-corrected chi connectivity index (χ3v) is 0. The zero-order valence-electron chi connectivity index (χ0n) is 4.39. The van der Waals surface area contributed by atoms with Crippen molar-refractivity contribution < 1.29 is 36.9 Å². The first-order valence-corrected chi connectivity index (χ1v) is 1.88. The number of halogens is 1. The van der Waals surface area contributed by atoms with Crippen LogP contribution in [-0.4, -0.2) is 1.28 Å². The summed E-state index contributed by atoms with van der Waals surface area (Å²) in [7, 11) is 4.75. The fraction of sp³-hybridized carbons (Fsp3) is 0. The molecular formula is CH9FP3Y-.